The molecule has 0 aromatic carbocycles. The maximum Gasteiger partial charge on any atom is 1.00 e. The minimum Gasteiger partial charge on any atom is -0.768 e. The van der Waals surface area contributed by atoms with Crippen LogP contribution in [0.15, 0.2) is 0 Å². The Balaban J connectivity index is 0.00000225. The molecular weight excluding hydrogens is 253 g/mol. The summed E-state index contributed by atoms with van der Waals surface area (Å²) in [6.45, 7) is 2.55. The second-order valence-electron chi connectivity index (χ2n) is 3.56. The van der Waals surface area contributed by atoms with Gasteiger partial charge in [0.2, 0.25) is 0 Å². The fourth-order valence-electron chi connectivity index (χ4n) is 1.40. The van der Waals surface area contributed by atoms with Gasteiger partial charge in [-0.3, -0.25) is 4.21 Å². The van der Waals surface area contributed by atoms with Crippen molar-refractivity contribution in [3.63, 3.8) is 0 Å². The van der Waals surface area contributed by atoms with Crippen molar-refractivity contribution in [2.75, 3.05) is 13.2 Å². The van der Waals surface area contributed by atoms with Crippen LogP contribution in [0.2, 0.25) is 0 Å². The Morgan fingerprint density at radius 3 is 2.38 bits per heavy atom. The number of rotatable bonds is 5. The largest absolute Gasteiger partial charge is 1.00 e. The molecule has 1 atom stereocenters. The summed E-state index contributed by atoms with van der Waals surface area (Å²) in [5.74, 6) is -0.833. The average molecular weight is 266 g/mol. The smallest absolute Gasteiger partial charge is 0.768 e. The maximum absolute atomic E-state index is 12.7. The van der Waals surface area contributed by atoms with Gasteiger partial charge in [0.05, 0.1) is 13.2 Å². The predicted octanol–water partition coefficient (Wildman–Crippen LogP) is -1.60. The summed E-state index contributed by atoms with van der Waals surface area (Å²) in [6, 6.07) is 0. The Bertz CT molecular complexity index is 246. The van der Waals surface area contributed by atoms with Gasteiger partial charge in [-0.25, -0.2) is 0 Å². The maximum atomic E-state index is 12.7. The van der Waals surface area contributed by atoms with Crippen molar-refractivity contribution in [1.29, 1.82) is 0 Å². The third kappa shape index (κ3) is 5.03. The van der Waals surface area contributed by atoms with E-state index in [1.807, 2.05) is 0 Å². The van der Waals surface area contributed by atoms with Crippen molar-refractivity contribution < 1.29 is 56.6 Å². The topological polar surface area (TPSA) is 58.6 Å². The fourth-order valence-corrected chi connectivity index (χ4v) is 1.71. The molecule has 0 saturated carbocycles. The van der Waals surface area contributed by atoms with Gasteiger partial charge in [-0.05, 0) is 13.3 Å². The van der Waals surface area contributed by atoms with E-state index in [-0.39, 0.29) is 42.4 Å². The van der Waals surface area contributed by atoms with Crippen LogP contribution in [-0.2, 0) is 20.6 Å². The second-order valence-corrected chi connectivity index (χ2v) is 4.62. The number of halogens is 2. The van der Waals surface area contributed by atoms with Crippen LogP contribution in [0.5, 0.6) is 0 Å². The SMILES string of the molecule is CC1(CCCC(F)(F)S(=O)[O-])OCCO1.[Na+]. The summed E-state index contributed by atoms with van der Waals surface area (Å²) in [4.78, 5) is 0. The molecule has 90 valence electrons. The van der Waals surface area contributed by atoms with Crippen LogP contribution in [-0.4, -0.2) is 33.0 Å². The zero-order valence-corrected chi connectivity index (χ0v) is 12.1. The first-order chi connectivity index (χ1) is 6.86. The van der Waals surface area contributed by atoms with E-state index in [4.69, 9.17) is 9.47 Å². The Morgan fingerprint density at radius 2 is 1.94 bits per heavy atom. The van der Waals surface area contributed by atoms with Crippen LogP contribution in [0.3, 0.4) is 0 Å². The third-order valence-electron chi connectivity index (χ3n) is 2.24. The molecule has 16 heavy (non-hydrogen) atoms. The van der Waals surface area contributed by atoms with Gasteiger partial charge in [0.25, 0.3) is 0 Å². The van der Waals surface area contributed by atoms with Crippen molar-refractivity contribution in [2.45, 2.75) is 37.2 Å². The summed E-state index contributed by atoms with van der Waals surface area (Å²) in [7, 11) is 0. The summed E-state index contributed by atoms with van der Waals surface area (Å²) < 4.78 is 55.9. The molecule has 0 N–H and O–H groups in total. The van der Waals surface area contributed by atoms with E-state index in [2.05, 4.69) is 0 Å². The van der Waals surface area contributed by atoms with E-state index >= 15 is 0 Å². The zero-order valence-electron chi connectivity index (χ0n) is 9.33. The van der Waals surface area contributed by atoms with Gasteiger partial charge in [-0.15, -0.1) is 0 Å². The van der Waals surface area contributed by atoms with Crippen LogP contribution in [0.4, 0.5) is 8.78 Å². The second kappa shape index (κ2) is 6.72. The van der Waals surface area contributed by atoms with Gasteiger partial charge in [0.15, 0.2) is 5.79 Å². The van der Waals surface area contributed by atoms with E-state index in [1.165, 1.54) is 0 Å². The number of hydrogen-bond donors (Lipinski definition) is 0. The fraction of sp³-hybridized carbons (Fsp3) is 1.00. The van der Waals surface area contributed by atoms with Crippen LogP contribution >= 0.6 is 0 Å². The molecule has 4 nitrogen and oxygen atoms in total. The monoisotopic (exact) mass is 266 g/mol. The molecule has 8 heteroatoms. The van der Waals surface area contributed by atoms with Gasteiger partial charge in [0, 0.05) is 23.9 Å². The predicted molar refractivity (Wildman–Crippen MR) is 48.0 cm³/mol. The molecule has 1 saturated heterocycles. The van der Waals surface area contributed by atoms with E-state index < -0.39 is 28.5 Å². The van der Waals surface area contributed by atoms with Crippen LogP contribution in [0.1, 0.15) is 26.2 Å². The Morgan fingerprint density at radius 1 is 1.44 bits per heavy atom. The van der Waals surface area contributed by atoms with Crippen LogP contribution < -0.4 is 29.6 Å². The Labute approximate surface area is 118 Å². The first kappa shape index (κ1) is 16.9. The molecule has 0 spiro atoms. The van der Waals surface area contributed by atoms with Gasteiger partial charge < -0.3 is 14.0 Å². The third-order valence-corrected chi connectivity index (χ3v) is 2.93. The number of ether oxygens (including phenoxy) is 2. The van der Waals surface area contributed by atoms with Gasteiger partial charge in [-0.1, -0.05) is 0 Å². The summed E-state index contributed by atoms with van der Waals surface area (Å²) in [5.41, 5.74) is 0. The minimum absolute atomic E-state index is 0. The number of hydrogen-bond acceptors (Lipinski definition) is 4. The van der Waals surface area contributed by atoms with E-state index in [1.54, 1.807) is 6.92 Å². The van der Waals surface area contributed by atoms with Crippen LogP contribution in [0, 0.1) is 0 Å². The van der Waals surface area contributed by atoms with Crippen molar-refractivity contribution in [3.8, 4) is 0 Å². The van der Waals surface area contributed by atoms with Crippen molar-refractivity contribution in [3.05, 3.63) is 0 Å². The van der Waals surface area contributed by atoms with E-state index in [0.717, 1.165) is 0 Å². The molecule has 1 heterocycles. The molecule has 0 radical (unpaired) electrons. The molecular formula is C8H13F2NaO4S. The molecule has 0 aliphatic carbocycles. The summed E-state index contributed by atoms with van der Waals surface area (Å²) >= 11 is -3.36. The molecule has 0 aromatic rings. The summed E-state index contributed by atoms with van der Waals surface area (Å²) in [6.07, 6.45) is -0.400. The van der Waals surface area contributed by atoms with E-state index in [0.29, 0.717) is 13.2 Å². The minimum atomic E-state index is -3.66. The molecule has 0 amide bonds. The van der Waals surface area contributed by atoms with Crippen molar-refractivity contribution in [1.82, 2.24) is 0 Å². The Hall–Kier alpha value is 0.890. The zero-order chi connectivity index (χ0) is 11.5. The normalized spacial score (nSPS) is 21.5. The van der Waals surface area contributed by atoms with Gasteiger partial charge in [-0.2, -0.15) is 8.78 Å². The molecule has 1 rings (SSSR count). The quantitative estimate of drug-likeness (QED) is 0.444. The molecule has 1 aliphatic rings. The Kier molecular flexibility index (Phi) is 7.10. The molecule has 0 aromatic heterocycles. The average Bonchev–Trinajstić information content (AvgIpc) is 2.51. The van der Waals surface area contributed by atoms with E-state index in [9.17, 15) is 17.5 Å². The number of alkyl halides is 2. The van der Waals surface area contributed by atoms with Crippen molar-refractivity contribution >= 4 is 11.1 Å². The van der Waals surface area contributed by atoms with Crippen molar-refractivity contribution in [2.24, 2.45) is 0 Å². The van der Waals surface area contributed by atoms with Crippen LogP contribution in [0.25, 0.3) is 0 Å². The molecule has 1 unspecified atom stereocenters. The van der Waals surface area contributed by atoms with Gasteiger partial charge >= 0.3 is 34.8 Å². The molecule has 1 fully saturated rings. The molecule has 1 aliphatic heterocycles. The summed E-state index contributed by atoms with van der Waals surface area (Å²) in [5, 5.41) is -3.66. The molecule has 0 bridgehead atoms. The standard InChI is InChI=1S/C8H14F2O4S.Na/c1-7(13-5-6-14-7)3-2-4-8(9,10)15(11)12;/h2-6H2,1H3,(H,11,12);/q;+1/p-1. The first-order valence-corrected chi connectivity index (χ1v) is 5.68. The van der Waals surface area contributed by atoms with Gasteiger partial charge in [0.1, 0.15) is 0 Å². The first-order valence-electron chi connectivity index (χ1n) is 4.61.